The van der Waals surface area contributed by atoms with Crippen molar-refractivity contribution in [3.63, 3.8) is 0 Å². The summed E-state index contributed by atoms with van der Waals surface area (Å²) >= 11 is 11.9. The van der Waals surface area contributed by atoms with Crippen LogP contribution < -0.4 is 10.7 Å². The number of hydrogen-bond donors (Lipinski definition) is 2. The largest absolute Gasteiger partial charge is 0.326 e. The Hall–Kier alpha value is -2.37. The molecule has 2 amide bonds. The molecule has 5 nitrogen and oxygen atoms in total. The van der Waals surface area contributed by atoms with Crippen molar-refractivity contribution in [1.29, 1.82) is 0 Å². The second-order valence-corrected chi connectivity index (χ2v) is 5.39. The van der Waals surface area contributed by atoms with E-state index in [1.165, 1.54) is 13.1 Å². The summed E-state index contributed by atoms with van der Waals surface area (Å²) in [4.78, 5) is 23.1. The van der Waals surface area contributed by atoms with Crippen LogP contribution in [0, 0.1) is 0 Å². The van der Waals surface area contributed by atoms with E-state index in [0.29, 0.717) is 26.9 Å². The maximum atomic E-state index is 12.0. The Morgan fingerprint density at radius 1 is 1.13 bits per heavy atom. The molecule has 2 N–H and O–H groups in total. The van der Waals surface area contributed by atoms with Crippen LogP contribution in [-0.2, 0) is 4.79 Å². The first-order valence-electron chi connectivity index (χ1n) is 6.62. The Kier molecular flexibility index (Phi) is 5.73. The number of benzene rings is 2. The number of hydrazone groups is 1. The van der Waals surface area contributed by atoms with Crippen molar-refractivity contribution in [1.82, 2.24) is 5.43 Å². The van der Waals surface area contributed by atoms with Gasteiger partial charge >= 0.3 is 0 Å². The lowest BCUT2D eigenvalue weighted by Crippen LogP contribution is -2.18. The van der Waals surface area contributed by atoms with E-state index in [4.69, 9.17) is 23.2 Å². The van der Waals surface area contributed by atoms with Gasteiger partial charge in [0.25, 0.3) is 5.91 Å². The van der Waals surface area contributed by atoms with E-state index in [0.717, 1.165) is 0 Å². The smallest absolute Gasteiger partial charge is 0.271 e. The number of anilines is 1. The molecular formula is C16H13Cl2N3O2. The molecule has 0 fully saturated rings. The third kappa shape index (κ3) is 4.81. The molecule has 7 heteroatoms. The van der Waals surface area contributed by atoms with Gasteiger partial charge in [-0.05, 0) is 24.3 Å². The molecule has 0 radical (unpaired) electrons. The lowest BCUT2D eigenvalue weighted by atomic mass is 10.2. The minimum atomic E-state index is -0.411. The first-order valence-corrected chi connectivity index (χ1v) is 7.38. The van der Waals surface area contributed by atoms with Crippen molar-refractivity contribution in [2.24, 2.45) is 5.10 Å². The Balaban J connectivity index is 2.06. The number of amides is 2. The van der Waals surface area contributed by atoms with Crippen LogP contribution in [0.25, 0.3) is 0 Å². The molecule has 2 aromatic rings. The molecule has 23 heavy (non-hydrogen) atoms. The van der Waals surface area contributed by atoms with E-state index in [-0.39, 0.29) is 5.91 Å². The molecule has 0 bridgehead atoms. The van der Waals surface area contributed by atoms with Crippen molar-refractivity contribution in [3.8, 4) is 0 Å². The highest BCUT2D eigenvalue weighted by molar-refractivity contribution is 6.43. The van der Waals surface area contributed by atoms with Crippen LogP contribution in [0.4, 0.5) is 5.69 Å². The van der Waals surface area contributed by atoms with Gasteiger partial charge in [-0.3, -0.25) is 9.59 Å². The highest BCUT2D eigenvalue weighted by Gasteiger charge is 2.06. The van der Waals surface area contributed by atoms with Gasteiger partial charge in [-0.1, -0.05) is 41.4 Å². The van der Waals surface area contributed by atoms with E-state index in [2.05, 4.69) is 15.8 Å². The lowest BCUT2D eigenvalue weighted by molar-refractivity contribution is -0.114. The number of rotatable bonds is 4. The minimum absolute atomic E-state index is 0.212. The Morgan fingerprint density at radius 2 is 1.87 bits per heavy atom. The monoisotopic (exact) mass is 349 g/mol. The zero-order chi connectivity index (χ0) is 16.8. The first-order chi connectivity index (χ1) is 11.0. The Morgan fingerprint density at radius 3 is 2.61 bits per heavy atom. The summed E-state index contributed by atoms with van der Waals surface area (Å²) in [7, 11) is 0. The quantitative estimate of drug-likeness (QED) is 0.652. The SMILES string of the molecule is CC(=O)Nc1cccc(C(=O)NN=Cc2cccc(Cl)c2Cl)c1. The van der Waals surface area contributed by atoms with E-state index in [1.54, 1.807) is 42.5 Å². The van der Waals surface area contributed by atoms with Crippen LogP contribution in [-0.4, -0.2) is 18.0 Å². The summed E-state index contributed by atoms with van der Waals surface area (Å²) in [5.74, 6) is -0.622. The molecule has 0 aliphatic rings. The molecule has 0 aromatic heterocycles. The molecule has 0 unspecified atom stereocenters. The van der Waals surface area contributed by atoms with Crippen LogP contribution in [0.2, 0.25) is 10.0 Å². The van der Waals surface area contributed by atoms with E-state index < -0.39 is 5.91 Å². The van der Waals surface area contributed by atoms with Gasteiger partial charge in [0.05, 0.1) is 16.3 Å². The fourth-order valence-corrected chi connectivity index (χ4v) is 2.14. The van der Waals surface area contributed by atoms with Crippen molar-refractivity contribution in [2.75, 3.05) is 5.32 Å². The highest BCUT2D eigenvalue weighted by atomic mass is 35.5. The van der Waals surface area contributed by atoms with Crippen molar-refractivity contribution >= 4 is 46.9 Å². The summed E-state index contributed by atoms with van der Waals surface area (Å²) in [6.07, 6.45) is 1.41. The van der Waals surface area contributed by atoms with Gasteiger partial charge in [0.2, 0.25) is 5.91 Å². The fourth-order valence-electron chi connectivity index (χ4n) is 1.79. The molecule has 0 aliphatic carbocycles. The van der Waals surface area contributed by atoms with Gasteiger partial charge < -0.3 is 5.32 Å². The third-order valence-electron chi connectivity index (χ3n) is 2.80. The number of hydrogen-bond acceptors (Lipinski definition) is 3. The molecule has 0 saturated heterocycles. The number of nitrogens with zero attached hydrogens (tertiary/aromatic N) is 1. The molecule has 0 spiro atoms. The topological polar surface area (TPSA) is 70.6 Å². The maximum Gasteiger partial charge on any atom is 0.271 e. The van der Waals surface area contributed by atoms with Crippen molar-refractivity contribution in [3.05, 3.63) is 63.6 Å². The first kappa shape index (κ1) is 17.0. The second kappa shape index (κ2) is 7.76. The second-order valence-electron chi connectivity index (χ2n) is 4.60. The Bertz CT molecular complexity index is 776. The lowest BCUT2D eigenvalue weighted by Gasteiger charge is -2.05. The van der Waals surface area contributed by atoms with Gasteiger partial charge in [0, 0.05) is 23.7 Å². The summed E-state index contributed by atoms with van der Waals surface area (Å²) < 4.78 is 0. The fraction of sp³-hybridized carbons (Fsp3) is 0.0625. The zero-order valence-corrected chi connectivity index (χ0v) is 13.7. The van der Waals surface area contributed by atoms with Gasteiger partial charge in [0.1, 0.15) is 0 Å². The molecule has 0 heterocycles. The summed E-state index contributed by atoms with van der Waals surface area (Å²) in [5, 5.41) is 7.23. The predicted octanol–water partition coefficient (Wildman–Crippen LogP) is 3.72. The van der Waals surface area contributed by atoms with Gasteiger partial charge in [-0.2, -0.15) is 5.10 Å². The molecule has 0 atom stereocenters. The summed E-state index contributed by atoms with van der Waals surface area (Å²) in [6.45, 7) is 1.39. The molecule has 2 rings (SSSR count). The van der Waals surface area contributed by atoms with Crippen molar-refractivity contribution < 1.29 is 9.59 Å². The highest BCUT2D eigenvalue weighted by Crippen LogP contribution is 2.24. The number of halogens is 2. The van der Waals surface area contributed by atoms with Crippen molar-refractivity contribution in [2.45, 2.75) is 6.92 Å². The average Bonchev–Trinajstić information content (AvgIpc) is 2.51. The normalized spacial score (nSPS) is 10.6. The standard InChI is InChI=1S/C16H13Cl2N3O2/c1-10(22)20-13-6-2-4-11(8-13)16(23)21-19-9-12-5-3-7-14(17)15(12)18/h2-9H,1H3,(H,20,22)(H,21,23). The predicted molar refractivity (Wildman–Crippen MR) is 92.3 cm³/mol. The summed E-state index contributed by atoms with van der Waals surface area (Å²) in [6, 6.07) is 11.6. The molecule has 118 valence electrons. The number of carbonyl (C=O) groups excluding carboxylic acids is 2. The summed E-state index contributed by atoms with van der Waals surface area (Å²) in [5.41, 5.74) is 3.88. The van der Waals surface area contributed by atoms with Crippen LogP contribution in [0.1, 0.15) is 22.8 Å². The van der Waals surface area contributed by atoms with E-state index >= 15 is 0 Å². The molecular weight excluding hydrogens is 337 g/mol. The molecule has 0 saturated carbocycles. The van der Waals surface area contributed by atoms with E-state index in [1.807, 2.05) is 0 Å². The van der Waals surface area contributed by atoms with Gasteiger partial charge in [-0.25, -0.2) is 5.43 Å². The number of nitrogens with one attached hydrogen (secondary N) is 2. The molecule has 2 aromatic carbocycles. The van der Waals surface area contributed by atoms with Crippen LogP contribution in [0.15, 0.2) is 47.6 Å². The van der Waals surface area contributed by atoms with Gasteiger partial charge in [-0.15, -0.1) is 0 Å². The number of carbonyl (C=O) groups is 2. The zero-order valence-electron chi connectivity index (χ0n) is 12.1. The van der Waals surface area contributed by atoms with Crippen LogP contribution in [0.5, 0.6) is 0 Å². The maximum absolute atomic E-state index is 12.0. The van der Waals surface area contributed by atoms with Crippen LogP contribution >= 0.6 is 23.2 Å². The van der Waals surface area contributed by atoms with Gasteiger partial charge in [0.15, 0.2) is 0 Å². The third-order valence-corrected chi connectivity index (χ3v) is 3.63. The molecule has 0 aliphatic heterocycles. The van der Waals surface area contributed by atoms with Crippen LogP contribution in [0.3, 0.4) is 0 Å². The minimum Gasteiger partial charge on any atom is -0.326 e. The average molecular weight is 350 g/mol. The van der Waals surface area contributed by atoms with E-state index in [9.17, 15) is 9.59 Å². The Labute approximate surface area is 143 Å².